The first kappa shape index (κ1) is 23.0. The van der Waals surface area contributed by atoms with E-state index < -0.39 is 0 Å². The van der Waals surface area contributed by atoms with Gasteiger partial charge in [-0.1, -0.05) is 26.0 Å². The van der Waals surface area contributed by atoms with Gasteiger partial charge in [-0.05, 0) is 48.9 Å². The van der Waals surface area contributed by atoms with E-state index in [2.05, 4.69) is 46.5 Å². The fourth-order valence-electron chi connectivity index (χ4n) is 3.63. The average Bonchev–Trinajstić information content (AvgIpc) is 2.61. The van der Waals surface area contributed by atoms with Gasteiger partial charge in [0.2, 0.25) is 0 Å². The van der Waals surface area contributed by atoms with Crippen LogP contribution in [0.15, 0.2) is 29.3 Å². The summed E-state index contributed by atoms with van der Waals surface area (Å²) in [7, 11) is 3.50. The first-order valence-corrected chi connectivity index (χ1v) is 9.40. The molecule has 26 heavy (non-hydrogen) atoms. The number of ether oxygens (including phenoxy) is 1. The quantitative estimate of drug-likeness (QED) is 0.276. The van der Waals surface area contributed by atoms with Crippen molar-refractivity contribution in [1.29, 1.82) is 0 Å². The molecule has 2 unspecified atom stereocenters. The lowest BCUT2D eigenvalue weighted by atomic mass is 9.92. The van der Waals surface area contributed by atoms with Crippen molar-refractivity contribution in [3.05, 3.63) is 29.8 Å². The van der Waals surface area contributed by atoms with Crippen LogP contribution in [0.25, 0.3) is 0 Å². The normalized spacial score (nSPS) is 21.0. The Morgan fingerprint density at radius 3 is 2.38 bits per heavy atom. The molecule has 0 bridgehead atoms. The highest BCUT2D eigenvalue weighted by Crippen LogP contribution is 2.20. The molecule has 0 amide bonds. The Balaban J connectivity index is 0.00000338. The van der Waals surface area contributed by atoms with Gasteiger partial charge in [0.05, 0.1) is 7.11 Å². The van der Waals surface area contributed by atoms with Crippen LogP contribution in [0.2, 0.25) is 0 Å². The van der Waals surface area contributed by atoms with Gasteiger partial charge in [-0.15, -0.1) is 24.0 Å². The predicted molar refractivity (Wildman–Crippen MR) is 121 cm³/mol. The number of guanidine groups is 1. The number of benzene rings is 1. The molecule has 0 spiro atoms. The predicted octanol–water partition coefficient (Wildman–Crippen LogP) is 3.35. The highest BCUT2D eigenvalue weighted by molar-refractivity contribution is 14.0. The van der Waals surface area contributed by atoms with Gasteiger partial charge in [-0.2, -0.15) is 0 Å². The molecule has 1 aromatic rings. The first-order chi connectivity index (χ1) is 12.1. The number of hydrogen-bond acceptors (Lipinski definition) is 3. The van der Waals surface area contributed by atoms with E-state index in [1.54, 1.807) is 7.11 Å². The van der Waals surface area contributed by atoms with Crippen molar-refractivity contribution in [2.45, 2.75) is 33.2 Å². The van der Waals surface area contributed by atoms with Gasteiger partial charge in [-0.25, -0.2) is 0 Å². The van der Waals surface area contributed by atoms with Gasteiger partial charge in [-0.3, -0.25) is 4.99 Å². The first-order valence-electron chi connectivity index (χ1n) is 9.40. The van der Waals surface area contributed by atoms with Crippen molar-refractivity contribution >= 4 is 29.9 Å². The van der Waals surface area contributed by atoms with Gasteiger partial charge in [0, 0.05) is 33.2 Å². The monoisotopic (exact) mass is 474 g/mol. The van der Waals surface area contributed by atoms with Gasteiger partial charge in [0.15, 0.2) is 5.96 Å². The molecule has 5 nitrogen and oxygen atoms in total. The minimum Gasteiger partial charge on any atom is -0.497 e. The van der Waals surface area contributed by atoms with Crippen molar-refractivity contribution < 1.29 is 4.74 Å². The molecule has 0 saturated carbocycles. The van der Waals surface area contributed by atoms with Crippen molar-refractivity contribution in [2.24, 2.45) is 16.8 Å². The summed E-state index contributed by atoms with van der Waals surface area (Å²) in [6.45, 7) is 10.1. The van der Waals surface area contributed by atoms with Crippen LogP contribution in [0.1, 0.15) is 32.3 Å². The van der Waals surface area contributed by atoms with E-state index in [1.165, 1.54) is 25.1 Å². The smallest absolute Gasteiger partial charge is 0.191 e. The lowest BCUT2D eigenvalue weighted by Gasteiger charge is -2.35. The summed E-state index contributed by atoms with van der Waals surface area (Å²) in [5.74, 6) is 3.40. The number of halogens is 1. The van der Waals surface area contributed by atoms with Gasteiger partial charge in [0.1, 0.15) is 5.75 Å². The molecular weight excluding hydrogens is 439 g/mol. The highest BCUT2D eigenvalue weighted by atomic mass is 127. The third kappa shape index (κ3) is 8.12. The summed E-state index contributed by atoms with van der Waals surface area (Å²) in [4.78, 5) is 6.91. The van der Waals surface area contributed by atoms with Gasteiger partial charge < -0.3 is 20.3 Å². The summed E-state index contributed by atoms with van der Waals surface area (Å²) >= 11 is 0. The molecule has 2 rings (SSSR count). The third-order valence-corrected chi connectivity index (χ3v) is 4.73. The Morgan fingerprint density at radius 2 is 1.81 bits per heavy atom. The zero-order chi connectivity index (χ0) is 18.1. The summed E-state index contributed by atoms with van der Waals surface area (Å²) in [5, 5.41) is 6.77. The molecule has 2 atom stereocenters. The summed E-state index contributed by atoms with van der Waals surface area (Å²) in [6.07, 6.45) is 2.51. The second-order valence-electron chi connectivity index (χ2n) is 7.26. The second kappa shape index (κ2) is 12.4. The Labute approximate surface area is 176 Å². The zero-order valence-corrected chi connectivity index (χ0v) is 19.0. The molecule has 1 saturated heterocycles. The van der Waals surface area contributed by atoms with Gasteiger partial charge >= 0.3 is 0 Å². The fraction of sp³-hybridized carbons (Fsp3) is 0.650. The molecular formula is C20H35IN4O. The van der Waals surface area contributed by atoms with Crippen molar-refractivity contribution in [3.8, 4) is 5.75 Å². The molecule has 0 aromatic heterocycles. The minimum atomic E-state index is 0. The van der Waals surface area contributed by atoms with Crippen molar-refractivity contribution in [1.82, 2.24) is 15.5 Å². The topological polar surface area (TPSA) is 48.9 Å². The van der Waals surface area contributed by atoms with E-state index >= 15 is 0 Å². The Hall–Kier alpha value is -1.02. The van der Waals surface area contributed by atoms with E-state index in [0.29, 0.717) is 0 Å². The molecule has 148 valence electrons. The highest BCUT2D eigenvalue weighted by Gasteiger charge is 2.20. The van der Waals surface area contributed by atoms with Crippen LogP contribution in [-0.2, 0) is 6.54 Å². The molecule has 1 aliphatic rings. The standard InChI is InChI=1S/C20H34N4O.HI/c1-16-12-17(2)15-24(14-16)11-5-10-22-20(21-3)23-13-18-6-8-19(25-4)9-7-18;/h6-9,16-17H,5,10-15H2,1-4H3,(H2,21,22,23);1H. The van der Waals surface area contributed by atoms with Crippen molar-refractivity contribution in [3.63, 3.8) is 0 Å². The Kier molecular flexibility index (Phi) is 11.0. The van der Waals surface area contributed by atoms with Gasteiger partial charge in [0.25, 0.3) is 0 Å². The molecule has 1 fully saturated rings. The van der Waals surface area contributed by atoms with E-state index in [9.17, 15) is 0 Å². The number of aliphatic imine (C=N–C) groups is 1. The summed E-state index contributed by atoms with van der Waals surface area (Å²) in [5.41, 5.74) is 1.21. The second-order valence-corrected chi connectivity index (χ2v) is 7.26. The number of likely N-dealkylation sites (tertiary alicyclic amines) is 1. The maximum absolute atomic E-state index is 5.18. The number of nitrogens with one attached hydrogen (secondary N) is 2. The van der Waals surface area contributed by atoms with E-state index in [0.717, 1.165) is 49.6 Å². The average molecular weight is 474 g/mol. The van der Waals surface area contributed by atoms with E-state index in [4.69, 9.17) is 4.74 Å². The lowest BCUT2D eigenvalue weighted by molar-refractivity contribution is 0.140. The van der Waals surface area contributed by atoms with Crippen LogP contribution >= 0.6 is 24.0 Å². The molecule has 0 aliphatic carbocycles. The number of rotatable bonds is 7. The Morgan fingerprint density at radius 1 is 1.15 bits per heavy atom. The largest absolute Gasteiger partial charge is 0.497 e. The summed E-state index contributed by atoms with van der Waals surface area (Å²) in [6, 6.07) is 8.09. The molecule has 1 aliphatic heterocycles. The van der Waals surface area contributed by atoms with Crippen LogP contribution in [0.5, 0.6) is 5.75 Å². The van der Waals surface area contributed by atoms with Crippen LogP contribution in [0, 0.1) is 11.8 Å². The SMILES string of the molecule is CN=C(NCCCN1CC(C)CC(C)C1)NCc1ccc(OC)cc1.I. The van der Waals surface area contributed by atoms with E-state index in [1.807, 2.05) is 19.2 Å². The molecule has 1 heterocycles. The fourth-order valence-corrected chi connectivity index (χ4v) is 3.63. The van der Waals surface area contributed by atoms with Crippen LogP contribution < -0.4 is 15.4 Å². The Bertz CT molecular complexity index is 525. The molecule has 0 radical (unpaired) electrons. The molecule has 1 aromatic carbocycles. The molecule has 6 heteroatoms. The number of nitrogens with zero attached hydrogens (tertiary/aromatic N) is 2. The zero-order valence-electron chi connectivity index (χ0n) is 16.6. The molecule has 2 N–H and O–H groups in total. The number of hydrogen-bond donors (Lipinski definition) is 2. The minimum absolute atomic E-state index is 0. The summed E-state index contributed by atoms with van der Waals surface area (Å²) < 4.78 is 5.18. The number of methoxy groups -OCH3 is 1. The van der Waals surface area contributed by atoms with E-state index in [-0.39, 0.29) is 24.0 Å². The third-order valence-electron chi connectivity index (χ3n) is 4.73. The van der Waals surface area contributed by atoms with Crippen LogP contribution in [0.4, 0.5) is 0 Å². The van der Waals surface area contributed by atoms with Crippen molar-refractivity contribution in [2.75, 3.05) is 40.3 Å². The maximum Gasteiger partial charge on any atom is 0.191 e. The van der Waals surface area contributed by atoms with Crippen LogP contribution in [-0.4, -0.2) is 51.2 Å². The maximum atomic E-state index is 5.18. The number of piperidine rings is 1. The van der Waals surface area contributed by atoms with Crippen LogP contribution in [0.3, 0.4) is 0 Å². The lowest BCUT2D eigenvalue weighted by Crippen LogP contribution is -2.41.